The van der Waals surface area contributed by atoms with E-state index in [1.54, 1.807) is 0 Å². The van der Waals surface area contributed by atoms with Crippen LogP contribution in [0.1, 0.15) is 65.2 Å². The van der Waals surface area contributed by atoms with E-state index in [-0.39, 0.29) is 5.97 Å². The Labute approximate surface area is 104 Å². The van der Waals surface area contributed by atoms with Gasteiger partial charge < -0.3 is 9.84 Å². The summed E-state index contributed by atoms with van der Waals surface area (Å²) in [6.45, 7) is 4.28. The Morgan fingerprint density at radius 2 is 1.65 bits per heavy atom. The molecule has 1 unspecified atom stereocenters. The Kier molecular flexibility index (Phi) is 6.27. The molecule has 0 spiro atoms. The lowest BCUT2D eigenvalue weighted by Gasteiger charge is -2.07. The third-order valence-electron chi connectivity index (χ3n) is 3.23. The lowest BCUT2D eigenvalue weighted by Crippen LogP contribution is -2.09. The standard InChI is InChI=1S/C14H24O3/c1-3-5-7-9-11-12(10-8-6-4-2)14(16)17-13(11)15/h13,15H,3-10H2,1-2H3. The summed E-state index contributed by atoms with van der Waals surface area (Å²) in [7, 11) is 0. The quantitative estimate of drug-likeness (QED) is 0.523. The molecular formula is C14H24O3. The first-order chi connectivity index (χ1) is 8.20. The van der Waals surface area contributed by atoms with Gasteiger partial charge in [0.25, 0.3) is 0 Å². The lowest BCUT2D eigenvalue weighted by atomic mass is 9.98. The van der Waals surface area contributed by atoms with Crippen molar-refractivity contribution >= 4 is 5.97 Å². The van der Waals surface area contributed by atoms with Crippen molar-refractivity contribution in [3.63, 3.8) is 0 Å². The van der Waals surface area contributed by atoms with Crippen molar-refractivity contribution < 1.29 is 14.6 Å². The van der Waals surface area contributed by atoms with Gasteiger partial charge in [-0.1, -0.05) is 39.5 Å². The van der Waals surface area contributed by atoms with E-state index in [1.165, 1.54) is 0 Å². The van der Waals surface area contributed by atoms with Gasteiger partial charge in [-0.05, 0) is 25.7 Å². The fourth-order valence-corrected chi connectivity index (χ4v) is 2.18. The van der Waals surface area contributed by atoms with Crippen molar-refractivity contribution in [3.05, 3.63) is 11.1 Å². The van der Waals surface area contributed by atoms with E-state index >= 15 is 0 Å². The van der Waals surface area contributed by atoms with Gasteiger partial charge in [-0.3, -0.25) is 0 Å². The number of aliphatic hydroxyl groups excluding tert-OH is 1. The van der Waals surface area contributed by atoms with E-state index < -0.39 is 6.29 Å². The lowest BCUT2D eigenvalue weighted by molar-refractivity contribution is -0.152. The zero-order chi connectivity index (χ0) is 12.7. The number of hydrogen-bond acceptors (Lipinski definition) is 3. The number of ether oxygens (including phenoxy) is 1. The molecule has 1 aliphatic rings. The van der Waals surface area contributed by atoms with Gasteiger partial charge >= 0.3 is 5.97 Å². The van der Waals surface area contributed by atoms with E-state index in [4.69, 9.17) is 4.74 Å². The van der Waals surface area contributed by atoms with Crippen LogP contribution in [0.2, 0.25) is 0 Å². The molecule has 0 amide bonds. The molecule has 3 heteroatoms. The van der Waals surface area contributed by atoms with Crippen LogP contribution in [-0.4, -0.2) is 17.4 Å². The fourth-order valence-electron chi connectivity index (χ4n) is 2.18. The van der Waals surface area contributed by atoms with Crippen LogP contribution in [0, 0.1) is 0 Å². The number of carbonyl (C=O) groups is 1. The van der Waals surface area contributed by atoms with Crippen molar-refractivity contribution in [2.75, 3.05) is 0 Å². The molecule has 0 fully saturated rings. The highest BCUT2D eigenvalue weighted by atomic mass is 16.6. The second-order valence-electron chi connectivity index (χ2n) is 4.68. The molecule has 0 bridgehead atoms. The average Bonchev–Trinajstić information content (AvgIpc) is 2.56. The molecule has 0 saturated heterocycles. The number of hydrogen-bond donors (Lipinski definition) is 1. The Morgan fingerprint density at radius 3 is 2.24 bits per heavy atom. The van der Waals surface area contributed by atoms with E-state index in [2.05, 4.69) is 13.8 Å². The highest BCUT2D eigenvalue weighted by molar-refractivity contribution is 5.92. The van der Waals surface area contributed by atoms with Gasteiger partial charge in [0.1, 0.15) is 0 Å². The van der Waals surface area contributed by atoms with Gasteiger partial charge in [0.2, 0.25) is 6.29 Å². The van der Waals surface area contributed by atoms with Crippen LogP contribution in [0.5, 0.6) is 0 Å². The van der Waals surface area contributed by atoms with Crippen LogP contribution in [0.25, 0.3) is 0 Å². The summed E-state index contributed by atoms with van der Waals surface area (Å²) in [5, 5.41) is 9.68. The highest BCUT2D eigenvalue weighted by Crippen LogP contribution is 2.29. The smallest absolute Gasteiger partial charge is 0.336 e. The van der Waals surface area contributed by atoms with Crippen molar-refractivity contribution in [2.24, 2.45) is 0 Å². The number of unbranched alkanes of at least 4 members (excludes halogenated alkanes) is 4. The first-order valence-corrected chi connectivity index (χ1v) is 6.81. The number of cyclic esters (lactones) is 1. The van der Waals surface area contributed by atoms with E-state index in [0.29, 0.717) is 0 Å². The third kappa shape index (κ3) is 4.15. The summed E-state index contributed by atoms with van der Waals surface area (Å²) in [6, 6.07) is 0. The summed E-state index contributed by atoms with van der Waals surface area (Å²) in [5.41, 5.74) is 1.57. The monoisotopic (exact) mass is 240 g/mol. The first kappa shape index (κ1) is 14.2. The van der Waals surface area contributed by atoms with E-state index in [0.717, 1.165) is 62.5 Å². The van der Waals surface area contributed by atoms with Crippen LogP contribution < -0.4 is 0 Å². The maximum Gasteiger partial charge on any atom is 0.336 e. The predicted octanol–water partition coefficient (Wildman–Crippen LogP) is 3.32. The van der Waals surface area contributed by atoms with Gasteiger partial charge in [-0.2, -0.15) is 0 Å². The van der Waals surface area contributed by atoms with Crippen molar-refractivity contribution in [2.45, 2.75) is 71.5 Å². The zero-order valence-electron chi connectivity index (χ0n) is 11.0. The largest absolute Gasteiger partial charge is 0.428 e. The molecule has 0 aliphatic carbocycles. The highest BCUT2D eigenvalue weighted by Gasteiger charge is 2.31. The molecule has 0 aromatic heterocycles. The van der Waals surface area contributed by atoms with Crippen LogP contribution >= 0.6 is 0 Å². The van der Waals surface area contributed by atoms with Gasteiger partial charge in [0.15, 0.2) is 0 Å². The van der Waals surface area contributed by atoms with Crippen molar-refractivity contribution in [1.82, 2.24) is 0 Å². The molecule has 1 heterocycles. The maximum absolute atomic E-state index is 11.6. The molecule has 1 rings (SSSR count). The Bertz CT molecular complexity index is 281. The molecular weight excluding hydrogens is 216 g/mol. The number of rotatable bonds is 8. The molecule has 3 nitrogen and oxygen atoms in total. The summed E-state index contributed by atoms with van der Waals surface area (Å²) in [5.74, 6) is -0.305. The minimum atomic E-state index is -0.976. The summed E-state index contributed by atoms with van der Waals surface area (Å²) in [6.07, 6.45) is 7.13. The predicted molar refractivity (Wildman–Crippen MR) is 67.4 cm³/mol. The topological polar surface area (TPSA) is 46.5 Å². The summed E-state index contributed by atoms with van der Waals surface area (Å²) in [4.78, 5) is 11.6. The second kappa shape index (κ2) is 7.49. The number of esters is 1. The second-order valence-corrected chi connectivity index (χ2v) is 4.68. The normalized spacial score (nSPS) is 19.9. The molecule has 0 aromatic carbocycles. The minimum Gasteiger partial charge on any atom is -0.428 e. The van der Waals surface area contributed by atoms with Gasteiger partial charge in [0, 0.05) is 11.1 Å². The fraction of sp³-hybridized carbons (Fsp3) is 0.786. The van der Waals surface area contributed by atoms with E-state index in [1.807, 2.05) is 0 Å². The molecule has 0 aromatic rings. The van der Waals surface area contributed by atoms with Crippen LogP contribution in [-0.2, 0) is 9.53 Å². The summed E-state index contributed by atoms with van der Waals surface area (Å²) >= 11 is 0. The molecule has 1 aliphatic heterocycles. The molecule has 0 radical (unpaired) electrons. The number of carbonyl (C=O) groups excluding carboxylic acids is 1. The molecule has 1 atom stereocenters. The molecule has 17 heavy (non-hydrogen) atoms. The maximum atomic E-state index is 11.6. The minimum absolute atomic E-state index is 0.305. The Balaban J connectivity index is 2.57. The SMILES string of the molecule is CCCCCC1=C(CCCCC)C(O)OC1=O. The summed E-state index contributed by atoms with van der Waals surface area (Å²) < 4.78 is 4.89. The molecule has 0 saturated carbocycles. The van der Waals surface area contributed by atoms with Gasteiger partial charge in [-0.15, -0.1) is 0 Å². The van der Waals surface area contributed by atoms with Crippen LogP contribution in [0.15, 0.2) is 11.1 Å². The third-order valence-corrected chi connectivity index (χ3v) is 3.23. The van der Waals surface area contributed by atoms with Crippen LogP contribution in [0.4, 0.5) is 0 Å². The zero-order valence-corrected chi connectivity index (χ0v) is 11.0. The average molecular weight is 240 g/mol. The Morgan fingerprint density at radius 1 is 1.06 bits per heavy atom. The van der Waals surface area contributed by atoms with Crippen LogP contribution in [0.3, 0.4) is 0 Å². The first-order valence-electron chi connectivity index (χ1n) is 6.81. The van der Waals surface area contributed by atoms with Crippen molar-refractivity contribution in [1.29, 1.82) is 0 Å². The Hall–Kier alpha value is -0.830. The molecule has 1 N–H and O–H groups in total. The van der Waals surface area contributed by atoms with Crippen molar-refractivity contribution in [3.8, 4) is 0 Å². The van der Waals surface area contributed by atoms with Gasteiger partial charge in [0.05, 0.1) is 0 Å². The van der Waals surface area contributed by atoms with Gasteiger partial charge in [-0.25, -0.2) is 4.79 Å². The number of aliphatic hydroxyl groups is 1. The molecule has 98 valence electrons. The van der Waals surface area contributed by atoms with E-state index in [9.17, 15) is 9.90 Å².